The fourth-order valence-corrected chi connectivity index (χ4v) is 3.31. The van der Waals surface area contributed by atoms with Crippen molar-refractivity contribution >= 4 is 11.6 Å². The molecule has 27 heavy (non-hydrogen) atoms. The molecule has 0 aliphatic heterocycles. The van der Waals surface area contributed by atoms with Crippen molar-refractivity contribution in [1.82, 2.24) is 4.98 Å². The third-order valence-corrected chi connectivity index (χ3v) is 4.59. The van der Waals surface area contributed by atoms with E-state index in [9.17, 15) is 18.0 Å². The normalized spacial score (nSPS) is 15.4. The number of alkyl halides is 3. The van der Waals surface area contributed by atoms with Crippen LogP contribution in [-0.2, 0) is 0 Å². The van der Waals surface area contributed by atoms with E-state index in [1.807, 2.05) is 6.07 Å². The number of hydrogen-bond donors (Lipinski definition) is 1. The molecule has 1 N–H and O–H groups in total. The number of nitrogens with one attached hydrogen (secondary N) is 1. The lowest BCUT2D eigenvalue weighted by atomic mass is 9.84. The summed E-state index contributed by atoms with van der Waals surface area (Å²) in [7, 11) is 0. The first-order chi connectivity index (χ1) is 12.9. The molecule has 2 aromatic rings. The van der Waals surface area contributed by atoms with E-state index in [1.54, 1.807) is 30.3 Å². The number of amides is 1. The second-order valence-electron chi connectivity index (χ2n) is 6.68. The van der Waals surface area contributed by atoms with Gasteiger partial charge in [0.25, 0.3) is 5.91 Å². The van der Waals surface area contributed by atoms with Gasteiger partial charge in [-0.25, -0.2) is 4.98 Å². The Balaban J connectivity index is 1.82. The molecule has 1 aromatic carbocycles. The van der Waals surface area contributed by atoms with Gasteiger partial charge in [-0.15, -0.1) is 0 Å². The highest BCUT2D eigenvalue weighted by Gasteiger charge is 2.30. The van der Waals surface area contributed by atoms with Gasteiger partial charge in [-0.3, -0.25) is 4.79 Å². The van der Waals surface area contributed by atoms with Crippen LogP contribution in [0.3, 0.4) is 0 Å². The molecule has 4 nitrogen and oxygen atoms in total. The molecule has 0 spiro atoms. The molecule has 0 bridgehead atoms. The lowest BCUT2D eigenvalue weighted by Gasteiger charge is -2.24. The molecule has 7 heteroatoms. The predicted molar refractivity (Wildman–Crippen MR) is 96.0 cm³/mol. The average Bonchev–Trinajstić information content (AvgIpc) is 2.67. The summed E-state index contributed by atoms with van der Waals surface area (Å²) in [5.74, 6) is -0.212. The van der Waals surface area contributed by atoms with Crippen molar-refractivity contribution in [2.24, 2.45) is 0 Å². The van der Waals surface area contributed by atoms with Gasteiger partial charge < -0.3 is 10.1 Å². The van der Waals surface area contributed by atoms with E-state index in [0.717, 1.165) is 32.1 Å². The largest absolute Gasteiger partial charge is 0.468 e. The molecular formula is C20H21F3N2O2. The number of anilines is 1. The highest BCUT2D eigenvalue weighted by molar-refractivity contribution is 6.04. The zero-order chi connectivity index (χ0) is 19.3. The Hall–Kier alpha value is -2.57. The number of carbonyl (C=O) groups is 1. The quantitative estimate of drug-likeness (QED) is 0.766. The summed E-state index contributed by atoms with van der Waals surface area (Å²) in [5, 5.41) is 2.76. The van der Waals surface area contributed by atoms with Crippen LogP contribution in [0.5, 0.6) is 5.88 Å². The lowest BCUT2D eigenvalue weighted by Crippen LogP contribution is -2.21. The fraction of sp³-hybridized carbons (Fsp3) is 0.400. The molecular weight excluding hydrogens is 357 g/mol. The number of aromatic nitrogens is 1. The molecule has 0 unspecified atom stereocenters. The van der Waals surface area contributed by atoms with E-state index in [1.165, 1.54) is 6.20 Å². The van der Waals surface area contributed by atoms with Crippen molar-refractivity contribution in [3.05, 3.63) is 53.7 Å². The molecule has 1 fully saturated rings. The summed E-state index contributed by atoms with van der Waals surface area (Å²) in [6.07, 6.45) is 1.81. The van der Waals surface area contributed by atoms with Crippen LogP contribution >= 0.6 is 0 Å². The molecule has 3 rings (SSSR count). The van der Waals surface area contributed by atoms with Gasteiger partial charge in [0.2, 0.25) is 5.88 Å². The van der Waals surface area contributed by atoms with Crippen molar-refractivity contribution < 1.29 is 22.7 Å². The number of carbonyl (C=O) groups excluding carboxylic acids is 1. The van der Waals surface area contributed by atoms with Crippen molar-refractivity contribution in [1.29, 1.82) is 0 Å². The maximum atomic E-state index is 12.5. The minimum atomic E-state index is -4.42. The van der Waals surface area contributed by atoms with Crippen LogP contribution in [0, 0.1) is 0 Å². The topological polar surface area (TPSA) is 51.2 Å². The van der Waals surface area contributed by atoms with Crippen LogP contribution < -0.4 is 10.1 Å². The first kappa shape index (κ1) is 19.2. The van der Waals surface area contributed by atoms with Crippen molar-refractivity contribution in [2.75, 3.05) is 11.9 Å². The average molecular weight is 378 g/mol. The highest BCUT2D eigenvalue weighted by atomic mass is 19.4. The van der Waals surface area contributed by atoms with Crippen LogP contribution in [0.25, 0.3) is 0 Å². The minimum absolute atomic E-state index is 0.00284. The molecule has 1 aliphatic rings. The molecule has 0 saturated heterocycles. The molecule has 1 aliphatic carbocycles. The van der Waals surface area contributed by atoms with Gasteiger partial charge in [0, 0.05) is 11.1 Å². The zero-order valence-corrected chi connectivity index (χ0v) is 14.8. The molecule has 1 aromatic heterocycles. The van der Waals surface area contributed by atoms with Crippen molar-refractivity contribution in [2.45, 2.75) is 44.2 Å². The van der Waals surface area contributed by atoms with E-state index in [2.05, 4.69) is 10.3 Å². The Morgan fingerprint density at radius 1 is 1.15 bits per heavy atom. The monoisotopic (exact) mass is 378 g/mol. The lowest BCUT2D eigenvalue weighted by molar-refractivity contribution is -0.154. The number of benzene rings is 1. The summed E-state index contributed by atoms with van der Waals surface area (Å²) in [6, 6.07) is 10.4. The minimum Gasteiger partial charge on any atom is -0.468 e. The highest BCUT2D eigenvalue weighted by Crippen LogP contribution is 2.38. The number of nitrogens with zero attached hydrogens (tertiary/aromatic N) is 1. The first-order valence-electron chi connectivity index (χ1n) is 8.98. The Morgan fingerprint density at radius 3 is 2.52 bits per heavy atom. The summed E-state index contributed by atoms with van der Waals surface area (Å²) < 4.78 is 42.6. The summed E-state index contributed by atoms with van der Waals surface area (Å²) in [4.78, 5) is 16.4. The predicted octanol–water partition coefficient (Wildman–Crippen LogP) is 5.32. The van der Waals surface area contributed by atoms with Gasteiger partial charge in [-0.05, 0) is 37.0 Å². The van der Waals surface area contributed by atoms with Crippen LogP contribution in [0.1, 0.15) is 53.9 Å². The maximum absolute atomic E-state index is 12.5. The summed E-state index contributed by atoms with van der Waals surface area (Å²) in [5.41, 5.74) is 1.57. The Kier molecular flexibility index (Phi) is 5.98. The van der Waals surface area contributed by atoms with Gasteiger partial charge in [0.1, 0.15) is 0 Å². The van der Waals surface area contributed by atoms with Crippen LogP contribution in [0.15, 0.2) is 42.6 Å². The number of halogens is 3. The van der Waals surface area contributed by atoms with E-state index >= 15 is 0 Å². The molecule has 0 atom stereocenters. The second kappa shape index (κ2) is 8.41. The summed E-state index contributed by atoms with van der Waals surface area (Å²) in [6.45, 7) is -1.38. The fourth-order valence-electron chi connectivity index (χ4n) is 3.31. The van der Waals surface area contributed by atoms with Crippen LogP contribution in [0.2, 0.25) is 0 Å². The first-order valence-corrected chi connectivity index (χ1v) is 8.98. The number of pyridine rings is 1. The van der Waals surface area contributed by atoms with Gasteiger partial charge in [-0.2, -0.15) is 13.2 Å². The van der Waals surface area contributed by atoms with Gasteiger partial charge in [-0.1, -0.05) is 37.5 Å². The standard InChI is InChI=1S/C20H21F3N2O2/c21-20(22,23)13-27-19-17(14-7-3-1-4-8-14)11-16(12-24-19)25-18(26)15-9-5-2-6-10-15/h2,5-6,9-12,14H,1,3-4,7-8,13H2,(H,25,26). The number of ether oxygens (including phenoxy) is 1. The van der Waals surface area contributed by atoms with E-state index < -0.39 is 12.8 Å². The molecule has 1 saturated carbocycles. The van der Waals surface area contributed by atoms with Crippen molar-refractivity contribution in [3.8, 4) is 5.88 Å². The van der Waals surface area contributed by atoms with Gasteiger partial charge in [0.15, 0.2) is 6.61 Å². The van der Waals surface area contributed by atoms with Crippen LogP contribution in [0.4, 0.5) is 18.9 Å². The Bertz CT molecular complexity index is 773. The Labute approximate surface area is 155 Å². The summed E-state index contributed by atoms with van der Waals surface area (Å²) >= 11 is 0. The molecule has 1 amide bonds. The van der Waals surface area contributed by atoms with Gasteiger partial charge in [0.05, 0.1) is 11.9 Å². The number of hydrogen-bond acceptors (Lipinski definition) is 3. The van der Waals surface area contributed by atoms with Crippen LogP contribution in [-0.4, -0.2) is 23.7 Å². The van der Waals surface area contributed by atoms with E-state index in [-0.39, 0.29) is 17.7 Å². The third-order valence-electron chi connectivity index (χ3n) is 4.59. The van der Waals surface area contributed by atoms with E-state index in [4.69, 9.17) is 4.74 Å². The Morgan fingerprint density at radius 2 is 1.85 bits per heavy atom. The number of rotatable bonds is 5. The van der Waals surface area contributed by atoms with E-state index in [0.29, 0.717) is 16.8 Å². The van der Waals surface area contributed by atoms with Crippen molar-refractivity contribution in [3.63, 3.8) is 0 Å². The SMILES string of the molecule is O=C(Nc1cnc(OCC(F)(F)F)c(C2CCCCC2)c1)c1ccccc1. The third kappa shape index (κ3) is 5.45. The van der Waals surface area contributed by atoms with Gasteiger partial charge >= 0.3 is 6.18 Å². The second-order valence-corrected chi connectivity index (χ2v) is 6.68. The zero-order valence-electron chi connectivity index (χ0n) is 14.8. The smallest absolute Gasteiger partial charge is 0.422 e. The molecule has 144 valence electrons. The maximum Gasteiger partial charge on any atom is 0.422 e. The molecule has 0 radical (unpaired) electrons. The molecule has 1 heterocycles.